The highest BCUT2D eigenvalue weighted by atomic mass is 35.5. The van der Waals surface area contributed by atoms with Gasteiger partial charge in [0.1, 0.15) is 17.6 Å². The van der Waals surface area contributed by atoms with Crippen LogP contribution in [0, 0.1) is 17.1 Å². The Bertz CT molecular complexity index is 1720. The minimum absolute atomic E-state index is 0.0349. The van der Waals surface area contributed by atoms with Gasteiger partial charge in [-0.15, -0.1) is 5.10 Å². The zero-order valence-corrected chi connectivity index (χ0v) is 21.2. The lowest BCUT2D eigenvalue weighted by Gasteiger charge is -2.20. The molecule has 8 nitrogen and oxygen atoms in total. The van der Waals surface area contributed by atoms with Gasteiger partial charge < -0.3 is 16.0 Å². The number of benzene rings is 3. The minimum Gasteiger partial charge on any atom is -0.373 e. The third-order valence-electron chi connectivity index (χ3n) is 6.47. The summed E-state index contributed by atoms with van der Waals surface area (Å²) in [5, 5.41) is 31.8. The standard InChI is InChI=1S/C27H19Cl2FN8/c28-21-7-18(3-4-23(21)30)35-25-17(9-31)12-33-27-20(25)6-19(8-22(27)29)36-26(24-13-34-38-37-24)14-1-2-15-10-32-11-16(15)5-14/h1-8,12-13,26,32,36H,10-11H2,(H,33,35)(H,34,37,38)/t26-/m0/s1. The molecule has 3 aromatic carbocycles. The number of halogens is 3. The van der Waals surface area contributed by atoms with Gasteiger partial charge in [0.05, 0.1) is 32.9 Å². The van der Waals surface area contributed by atoms with E-state index in [1.54, 1.807) is 18.3 Å². The number of nitrogens with zero attached hydrogens (tertiary/aromatic N) is 4. The van der Waals surface area contributed by atoms with Crippen molar-refractivity contribution in [3.05, 3.63) is 105 Å². The van der Waals surface area contributed by atoms with Crippen LogP contribution in [0.25, 0.3) is 10.9 Å². The highest BCUT2D eigenvalue weighted by Crippen LogP contribution is 2.37. The second kappa shape index (κ2) is 9.91. The number of fused-ring (bicyclic) bond motifs is 2. The summed E-state index contributed by atoms with van der Waals surface area (Å²) in [6.45, 7) is 1.66. The molecule has 0 spiro atoms. The molecule has 0 bridgehead atoms. The van der Waals surface area contributed by atoms with Crippen molar-refractivity contribution in [3.8, 4) is 6.07 Å². The van der Waals surface area contributed by atoms with E-state index in [-0.39, 0.29) is 11.1 Å². The Labute approximate surface area is 226 Å². The number of rotatable bonds is 6. The van der Waals surface area contributed by atoms with Gasteiger partial charge in [0.15, 0.2) is 0 Å². The molecule has 6 rings (SSSR count). The summed E-state index contributed by atoms with van der Waals surface area (Å²) in [4.78, 5) is 4.41. The van der Waals surface area contributed by atoms with Crippen LogP contribution in [0.1, 0.15) is 34.0 Å². The molecule has 11 heteroatoms. The van der Waals surface area contributed by atoms with E-state index in [0.717, 1.165) is 18.7 Å². The zero-order chi connectivity index (χ0) is 26.2. The van der Waals surface area contributed by atoms with Crippen molar-refractivity contribution >= 4 is 51.2 Å². The minimum atomic E-state index is -0.534. The molecule has 0 amide bonds. The van der Waals surface area contributed by atoms with Crippen LogP contribution >= 0.6 is 23.2 Å². The number of aromatic nitrogens is 4. The van der Waals surface area contributed by atoms with E-state index in [1.807, 2.05) is 6.07 Å². The second-order valence-electron chi connectivity index (χ2n) is 8.87. The topological polar surface area (TPSA) is 114 Å². The molecule has 1 atom stereocenters. The van der Waals surface area contributed by atoms with Gasteiger partial charge in [-0.3, -0.25) is 10.1 Å². The Hall–Kier alpha value is -4.23. The first-order chi connectivity index (χ1) is 18.5. The molecule has 3 heterocycles. The molecule has 5 aromatic rings. The van der Waals surface area contributed by atoms with E-state index in [9.17, 15) is 9.65 Å². The Kier molecular flexibility index (Phi) is 6.29. The van der Waals surface area contributed by atoms with Crippen LogP contribution in [0.15, 0.2) is 60.9 Å². The fraction of sp³-hybridized carbons (Fsp3) is 0.111. The molecule has 0 fully saturated rings. The first kappa shape index (κ1) is 24.1. The van der Waals surface area contributed by atoms with E-state index in [1.165, 1.54) is 29.5 Å². The lowest BCUT2D eigenvalue weighted by atomic mass is 9.98. The van der Waals surface area contributed by atoms with Crippen LogP contribution in [0.2, 0.25) is 10.0 Å². The monoisotopic (exact) mass is 544 g/mol. The molecule has 0 aliphatic carbocycles. The molecule has 2 aromatic heterocycles. The summed E-state index contributed by atoms with van der Waals surface area (Å²) in [6.07, 6.45) is 3.19. The summed E-state index contributed by atoms with van der Waals surface area (Å²) in [6, 6.07) is 16.1. The van der Waals surface area contributed by atoms with Gasteiger partial charge in [0, 0.05) is 42.2 Å². The number of anilines is 3. The number of hydrogen-bond acceptors (Lipinski definition) is 7. The van der Waals surface area contributed by atoms with Gasteiger partial charge in [0.25, 0.3) is 0 Å². The average molecular weight is 545 g/mol. The number of nitriles is 1. The SMILES string of the molecule is N#Cc1cnc2c(Cl)cc(N[C@@H](c3ccc4c(c3)CNC4)c3c[nH]nn3)cc2c1Nc1ccc(F)c(Cl)c1. The number of nitrogens with one attached hydrogen (secondary N) is 4. The molecule has 0 radical (unpaired) electrons. The van der Waals surface area contributed by atoms with Crippen molar-refractivity contribution in [2.75, 3.05) is 10.6 Å². The van der Waals surface area contributed by atoms with Crippen molar-refractivity contribution in [2.24, 2.45) is 0 Å². The van der Waals surface area contributed by atoms with E-state index < -0.39 is 5.82 Å². The predicted molar refractivity (Wildman–Crippen MR) is 145 cm³/mol. The molecule has 1 aliphatic rings. The van der Waals surface area contributed by atoms with Gasteiger partial charge >= 0.3 is 0 Å². The predicted octanol–water partition coefficient (Wildman–Crippen LogP) is 6.22. The van der Waals surface area contributed by atoms with Gasteiger partial charge in [-0.1, -0.05) is 46.6 Å². The highest BCUT2D eigenvalue weighted by Gasteiger charge is 2.21. The van der Waals surface area contributed by atoms with Gasteiger partial charge in [-0.2, -0.15) is 5.26 Å². The normalized spacial score (nSPS) is 13.2. The van der Waals surface area contributed by atoms with Gasteiger partial charge in [-0.05, 0) is 47.0 Å². The molecule has 0 unspecified atom stereocenters. The number of H-pyrrole nitrogens is 1. The molecular formula is C27H19Cl2FN8. The van der Waals surface area contributed by atoms with E-state index in [2.05, 4.69) is 60.6 Å². The van der Waals surface area contributed by atoms with E-state index in [0.29, 0.717) is 44.2 Å². The van der Waals surface area contributed by atoms with Gasteiger partial charge in [0.2, 0.25) is 0 Å². The Morgan fingerprint density at radius 3 is 2.63 bits per heavy atom. The Morgan fingerprint density at radius 2 is 1.84 bits per heavy atom. The molecule has 0 saturated carbocycles. The molecule has 1 aliphatic heterocycles. The largest absolute Gasteiger partial charge is 0.373 e. The Balaban J connectivity index is 1.44. The molecule has 188 valence electrons. The summed E-state index contributed by atoms with van der Waals surface area (Å²) < 4.78 is 13.7. The maximum Gasteiger partial charge on any atom is 0.141 e. The van der Waals surface area contributed by atoms with Crippen molar-refractivity contribution in [3.63, 3.8) is 0 Å². The summed E-state index contributed by atoms with van der Waals surface area (Å²) >= 11 is 12.7. The van der Waals surface area contributed by atoms with E-state index in [4.69, 9.17) is 23.2 Å². The first-order valence-electron chi connectivity index (χ1n) is 11.7. The van der Waals surface area contributed by atoms with Crippen LogP contribution in [0.3, 0.4) is 0 Å². The smallest absolute Gasteiger partial charge is 0.141 e. The van der Waals surface area contributed by atoms with Crippen LogP contribution in [-0.4, -0.2) is 20.4 Å². The molecule has 4 N–H and O–H groups in total. The number of hydrogen-bond donors (Lipinski definition) is 4. The van der Waals surface area contributed by atoms with Gasteiger partial charge in [-0.25, -0.2) is 4.39 Å². The zero-order valence-electron chi connectivity index (χ0n) is 19.7. The van der Waals surface area contributed by atoms with Crippen molar-refractivity contribution < 1.29 is 4.39 Å². The van der Waals surface area contributed by atoms with Crippen LogP contribution in [0.4, 0.5) is 21.5 Å². The number of pyridine rings is 1. The van der Waals surface area contributed by atoms with Crippen molar-refractivity contribution in [2.45, 2.75) is 19.1 Å². The summed E-state index contributed by atoms with van der Waals surface area (Å²) in [5.74, 6) is -0.534. The molecule has 0 saturated heterocycles. The fourth-order valence-corrected chi connectivity index (χ4v) is 5.07. The number of aromatic amines is 1. The maximum absolute atomic E-state index is 13.7. The van der Waals surface area contributed by atoms with Crippen molar-refractivity contribution in [1.82, 2.24) is 25.7 Å². The third-order valence-corrected chi connectivity index (χ3v) is 7.05. The lowest BCUT2D eigenvalue weighted by Crippen LogP contribution is -2.13. The summed E-state index contributed by atoms with van der Waals surface area (Å²) in [5.41, 5.74) is 6.71. The quantitative estimate of drug-likeness (QED) is 0.200. The maximum atomic E-state index is 13.7. The van der Waals surface area contributed by atoms with E-state index >= 15 is 0 Å². The fourth-order valence-electron chi connectivity index (χ4n) is 4.62. The molecular weight excluding hydrogens is 526 g/mol. The second-order valence-corrected chi connectivity index (χ2v) is 9.69. The molecule has 38 heavy (non-hydrogen) atoms. The van der Waals surface area contributed by atoms with Crippen molar-refractivity contribution in [1.29, 1.82) is 5.26 Å². The van der Waals surface area contributed by atoms with Crippen LogP contribution in [-0.2, 0) is 13.1 Å². The van der Waals surface area contributed by atoms with Crippen LogP contribution < -0.4 is 16.0 Å². The summed E-state index contributed by atoms with van der Waals surface area (Å²) in [7, 11) is 0. The third kappa shape index (κ3) is 4.50. The van der Waals surface area contributed by atoms with Crippen LogP contribution in [0.5, 0.6) is 0 Å². The first-order valence-corrected chi connectivity index (χ1v) is 12.5. The highest BCUT2D eigenvalue weighted by molar-refractivity contribution is 6.36. The average Bonchev–Trinajstić information content (AvgIpc) is 3.62. The Morgan fingerprint density at radius 1 is 1.00 bits per heavy atom. The lowest BCUT2D eigenvalue weighted by molar-refractivity contribution is 0.628.